The Hall–Kier alpha value is -0.580. The van der Waals surface area contributed by atoms with Crippen LogP contribution in [0.4, 0.5) is 5.69 Å². The Balaban J connectivity index is 1.65. The van der Waals surface area contributed by atoms with E-state index in [1.165, 1.54) is 41.7 Å². The summed E-state index contributed by atoms with van der Waals surface area (Å²) in [6.07, 6.45) is 2.83. The molecule has 1 saturated heterocycles. The number of nitrogens with zero attached hydrogens (tertiary/aromatic N) is 2. The monoisotopic (exact) mass is 351 g/mol. The van der Waals surface area contributed by atoms with Crippen molar-refractivity contribution < 1.29 is 0 Å². The second-order valence-electron chi connectivity index (χ2n) is 6.24. The Morgan fingerprint density at radius 1 is 1.24 bits per heavy atom. The molecule has 1 saturated carbocycles. The third-order valence-electron chi connectivity index (χ3n) is 4.70. The molecular formula is C17H26BrN3. The van der Waals surface area contributed by atoms with Gasteiger partial charge in [0.15, 0.2) is 0 Å². The van der Waals surface area contributed by atoms with Crippen LogP contribution in [0.15, 0.2) is 22.7 Å². The topological polar surface area (TPSA) is 18.5 Å². The van der Waals surface area contributed by atoms with Gasteiger partial charge in [-0.1, -0.05) is 13.0 Å². The first-order chi connectivity index (χ1) is 10.2. The summed E-state index contributed by atoms with van der Waals surface area (Å²) >= 11 is 3.78. The largest absolute Gasteiger partial charge is 0.368 e. The Bertz CT molecular complexity index is 479. The first kappa shape index (κ1) is 15.3. The minimum Gasteiger partial charge on any atom is -0.368 e. The molecule has 0 aromatic heterocycles. The molecule has 2 fully saturated rings. The summed E-state index contributed by atoms with van der Waals surface area (Å²) in [6.45, 7) is 10.1. The van der Waals surface area contributed by atoms with Crippen LogP contribution < -0.4 is 10.2 Å². The molecule has 3 nitrogen and oxygen atoms in total. The van der Waals surface area contributed by atoms with Gasteiger partial charge in [0.05, 0.1) is 5.69 Å². The summed E-state index contributed by atoms with van der Waals surface area (Å²) in [5, 5.41) is 3.47. The van der Waals surface area contributed by atoms with Crippen LogP contribution in [0.3, 0.4) is 0 Å². The van der Waals surface area contributed by atoms with Crippen LogP contribution in [-0.4, -0.2) is 43.7 Å². The number of benzene rings is 1. The van der Waals surface area contributed by atoms with Crippen molar-refractivity contribution in [3.8, 4) is 0 Å². The molecule has 0 spiro atoms. The molecule has 1 N–H and O–H groups in total. The van der Waals surface area contributed by atoms with Crippen LogP contribution in [0.2, 0.25) is 0 Å². The number of anilines is 1. The summed E-state index contributed by atoms with van der Waals surface area (Å²) in [5.41, 5.74) is 2.70. The molecule has 1 atom stereocenters. The zero-order valence-corrected chi connectivity index (χ0v) is 14.7. The van der Waals surface area contributed by atoms with Crippen LogP contribution in [0, 0.1) is 0 Å². The lowest BCUT2D eigenvalue weighted by Gasteiger charge is -2.36. The van der Waals surface area contributed by atoms with Gasteiger partial charge in [0, 0.05) is 42.7 Å². The molecule has 0 radical (unpaired) electrons. The molecule has 1 heterocycles. The van der Waals surface area contributed by atoms with E-state index in [-0.39, 0.29) is 0 Å². The van der Waals surface area contributed by atoms with Crippen LogP contribution in [-0.2, 0) is 0 Å². The van der Waals surface area contributed by atoms with Gasteiger partial charge in [-0.25, -0.2) is 0 Å². The molecule has 1 unspecified atom stereocenters. The van der Waals surface area contributed by atoms with Gasteiger partial charge in [-0.05, 0) is 59.9 Å². The molecule has 3 rings (SSSR count). The average Bonchev–Trinajstić information content (AvgIpc) is 3.32. The Morgan fingerprint density at radius 2 is 1.95 bits per heavy atom. The quantitative estimate of drug-likeness (QED) is 0.876. The molecule has 1 aliphatic heterocycles. The maximum Gasteiger partial charge on any atom is 0.0511 e. The lowest BCUT2D eigenvalue weighted by molar-refractivity contribution is 0.248. The predicted octanol–water partition coefficient (Wildman–Crippen LogP) is 3.40. The van der Waals surface area contributed by atoms with Crippen molar-refractivity contribution in [3.63, 3.8) is 0 Å². The minimum atomic E-state index is 0.409. The molecule has 116 valence electrons. The van der Waals surface area contributed by atoms with Crippen LogP contribution in [0.25, 0.3) is 0 Å². The zero-order chi connectivity index (χ0) is 14.8. The van der Waals surface area contributed by atoms with Crippen molar-refractivity contribution in [1.29, 1.82) is 0 Å². The number of hydrogen-bond acceptors (Lipinski definition) is 3. The number of hydrogen-bond donors (Lipinski definition) is 1. The normalized spacial score (nSPS) is 21.6. The molecule has 2 aliphatic rings. The average molecular weight is 352 g/mol. The standard InChI is InChI=1S/C17H26BrN3/c1-3-19-13(2)14-4-7-17(16(18)12-14)21-10-8-20(9-11-21)15-5-6-15/h4,7,12-13,15,19H,3,5-6,8-11H2,1-2H3. The van der Waals surface area contributed by atoms with E-state index in [0.29, 0.717) is 6.04 Å². The fourth-order valence-corrected chi connectivity index (χ4v) is 3.89. The number of piperazine rings is 1. The highest BCUT2D eigenvalue weighted by Crippen LogP contribution is 2.32. The highest BCUT2D eigenvalue weighted by atomic mass is 79.9. The van der Waals surface area contributed by atoms with Crippen molar-refractivity contribution in [2.24, 2.45) is 0 Å². The van der Waals surface area contributed by atoms with Gasteiger partial charge >= 0.3 is 0 Å². The van der Waals surface area contributed by atoms with E-state index in [1.54, 1.807) is 0 Å². The summed E-state index contributed by atoms with van der Waals surface area (Å²) in [4.78, 5) is 5.18. The van der Waals surface area contributed by atoms with Gasteiger partial charge in [-0.15, -0.1) is 0 Å². The lowest BCUT2D eigenvalue weighted by Crippen LogP contribution is -2.47. The van der Waals surface area contributed by atoms with E-state index >= 15 is 0 Å². The molecule has 4 heteroatoms. The van der Waals surface area contributed by atoms with Crippen molar-refractivity contribution in [2.45, 2.75) is 38.8 Å². The maximum atomic E-state index is 3.78. The Labute approximate surface area is 136 Å². The molecule has 21 heavy (non-hydrogen) atoms. The van der Waals surface area contributed by atoms with Gasteiger partial charge in [0.2, 0.25) is 0 Å². The van der Waals surface area contributed by atoms with E-state index in [9.17, 15) is 0 Å². The third kappa shape index (κ3) is 3.61. The Kier molecular flexibility index (Phi) is 4.87. The number of rotatable bonds is 5. The predicted molar refractivity (Wildman–Crippen MR) is 93.0 cm³/mol. The van der Waals surface area contributed by atoms with Crippen LogP contribution in [0.5, 0.6) is 0 Å². The van der Waals surface area contributed by atoms with E-state index in [1.807, 2.05) is 0 Å². The van der Waals surface area contributed by atoms with Crippen molar-refractivity contribution in [3.05, 3.63) is 28.2 Å². The lowest BCUT2D eigenvalue weighted by atomic mass is 10.1. The van der Waals surface area contributed by atoms with Crippen LogP contribution >= 0.6 is 15.9 Å². The van der Waals surface area contributed by atoms with Gasteiger partial charge in [0.1, 0.15) is 0 Å². The van der Waals surface area contributed by atoms with Crippen molar-refractivity contribution >= 4 is 21.6 Å². The van der Waals surface area contributed by atoms with Crippen LogP contribution in [0.1, 0.15) is 38.3 Å². The number of halogens is 1. The van der Waals surface area contributed by atoms with E-state index < -0.39 is 0 Å². The summed E-state index contributed by atoms with van der Waals surface area (Å²) in [5.74, 6) is 0. The fourth-order valence-electron chi connectivity index (χ4n) is 3.24. The molecule has 0 amide bonds. The Morgan fingerprint density at radius 3 is 2.52 bits per heavy atom. The second kappa shape index (κ2) is 6.67. The molecule has 0 bridgehead atoms. The maximum absolute atomic E-state index is 3.78. The first-order valence-corrected chi connectivity index (χ1v) is 9.00. The smallest absolute Gasteiger partial charge is 0.0511 e. The highest BCUT2D eigenvalue weighted by molar-refractivity contribution is 9.10. The molecule has 1 aromatic rings. The fraction of sp³-hybridized carbons (Fsp3) is 0.647. The SMILES string of the molecule is CCNC(C)c1ccc(N2CCN(C3CC3)CC2)c(Br)c1. The summed E-state index contributed by atoms with van der Waals surface area (Å²) in [6, 6.07) is 8.13. The van der Waals surface area contributed by atoms with E-state index in [2.05, 4.69) is 63.1 Å². The zero-order valence-electron chi connectivity index (χ0n) is 13.1. The van der Waals surface area contributed by atoms with Crippen molar-refractivity contribution in [1.82, 2.24) is 10.2 Å². The van der Waals surface area contributed by atoms with E-state index in [0.717, 1.165) is 25.7 Å². The van der Waals surface area contributed by atoms with Gasteiger partial charge in [0.25, 0.3) is 0 Å². The highest BCUT2D eigenvalue weighted by Gasteiger charge is 2.31. The molecule has 1 aromatic carbocycles. The van der Waals surface area contributed by atoms with Gasteiger partial charge < -0.3 is 10.2 Å². The van der Waals surface area contributed by atoms with Gasteiger partial charge in [-0.3, -0.25) is 4.90 Å². The first-order valence-electron chi connectivity index (χ1n) is 8.21. The number of nitrogens with one attached hydrogen (secondary N) is 1. The summed E-state index contributed by atoms with van der Waals surface area (Å²) in [7, 11) is 0. The molecule has 1 aliphatic carbocycles. The molecular weight excluding hydrogens is 326 g/mol. The van der Waals surface area contributed by atoms with E-state index in [4.69, 9.17) is 0 Å². The minimum absolute atomic E-state index is 0.409. The second-order valence-corrected chi connectivity index (χ2v) is 7.10. The van der Waals surface area contributed by atoms with Crippen molar-refractivity contribution in [2.75, 3.05) is 37.6 Å². The van der Waals surface area contributed by atoms with Gasteiger partial charge in [-0.2, -0.15) is 0 Å². The summed E-state index contributed by atoms with van der Waals surface area (Å²) < 4.78 is 1.23. The third-order valence-corrected chi connectivity index (χ3v) is 5.34.